The first-order valence-electron chi connectivity index (χ1n) is 4.97. The van der Waals surface area contributed by atoms with Crippen molar-refractivity contribution < 1.29 is 14.3 Å². The highest BCUT2D eigenvalue weighted by Gasteiger charge is 2.25. The molecule has 0 saturated carbocycles. The van der Waals surface area contributed by atoms with Gasteiger partial charge in [0.25, 0.3) is 0 Å². The van der Waals surface area contributed by atoms with Gasteiger partial charge in [-0.3, -0.25) is 0 Å². The third-order valence-electron chi connectivity index (χ3n) is 2.29. The lowest BCUT2D eigenvalue weighted by atomic mass is 10.1. The standard InChI is InChI=1S/C11H13NO3/c1-2-14-11(13)15-10-7-12-9-6-4-3-5-8(9)10/h3-6,10,12H,2,7H2,1H3. The first kappa shape index (κ1) is 9.83. The fourth-order valence-corrected chi connectivity index (χ4v) is 1.62. The maximum Gasteiger partial charge on any atom is 0.508 e. The summed E-state index contributed by atoms with van der Waals surface area (Å²) in [6, 6.07) is 7.77. The minimum atomic E-state index is -0.610. The number of hydrogen-bond acceptors (Lipinski definition) is 4. The molecule has 0 aliphatic carbocycles. The largest absolute Gasteiger partial charge is 0.508 e. The molecule has 1 aromatic carbocycles. The van der Waals surface area contributed by atoms with Crippen LogP contribution in [-0.4, -0.2) is 19.3 Å². The predicted octanol–water partition coefficient (Wildman–Crippen LogP) is 2.33. The van der Waals surface area contributed by atoms with E-state index < -0.39 is 6.16 Å². The first-order valence-corrected chi connectivity index (χ1v) is 4.97. The topological polar surface area (TPSA) is 47.6 Å². The third-order valence-corrected chi connectivity index (χ3v) is 2.29. The monoisotopic (exact) mass is 207 g/mol. The number of benzene rings is 1. The van der Waals surface area contributed by atoms with Crippen LogP contribution in [0.25, 0.3) is 0 Å². The second kappa shape index (κ2) is 4.21. The maximum absolute atomic E-state index is 11.1. The summed E-state index contributed by atoms with van der Waals surface area (Å²) in [6.07, 6.45) is -0.846. The van der Waals surface area contributed by atoms with Gasteiger partial charge in [-0.1, -0.05) is 18.2 Å². The SMILES string of the molecule is CCOC(=O)OC1CNc2ccccc21. The molecule has 4 nitrogen and oxygen atoms in total. The van der Waals surface area contributed by atoms with Crippen LogP contribution >= 0.6 is 0 Å². The van der Waals surface area contributed by atoms with Crippen molar-refractivity contribution in [3.63, 3.8) is 0 Å². The van der Waals surface area contributed by atoms with Crippen LogP contribution in [0.5, 0.6) is 0 Å². The number of rotatable bonds is 2. The van der Waals surface area contributed by atoms with Crippen molar-refractivity contribution >= 4 is 11.8 Å². The number of carbonyl (C=O) groups is 1. The van der Waals surface area contributed by atoms with Crippen LogP contribution in [0.1, 0.15) is 18.6 Å². The molecular formula is C11H13NO3. The van der Waals surface area contributed by atoms with Gasteiger partial charge in [-0.25, -0.2) is 4.79 Å². The summed E-state index contributed by atoms with van der Waals surface area (Å²) < 4.78 is 9.88. The minimum absolute atomic E-state index is 0.236. The summed E-state index contributed by atoms with van der Waals surface area (Å²) in [4.78, 5) is 11.1. The smallest absolute Gasteiger partial charge is 0.435 e. The van der Waals surface area contributed by atoms with Gasteiger partial charge in [0.15, 0.2) is 0 Å². The van der Waals surface area contributed by atoms with Crippen LogP contribution in [0, 0.1) is 0 Å². The molecule has 0 radical (unpaired) electrons. The quantitative estimate of drug-likeness (QED) is 0.756. The summed E-state index contributed by atoms with van der Waals surface area (Å²) in [5.41, 5.74) is 2.03. The molecule has 0 bridgehead atoms. The Labute approximate surface area is 88.2 Å². The highest BCUT2D eigenvalue weighted by Crippen LogP contribution is 2.31. The molecule has 1 heterocycles. The molecule has 0 saturated heterocycles. The zero-order valence-electron chi connectivity index (χ0n) is 8.53. The fraction of sp³-hybridized carbons (Fsp3) is 0.364. The van der Waals surface area contributed by atoms with Gasteiger partial charge in [-0.15, -0.1) is 0 Å². The van der Waals surface area contributed by atoms with E-state index in [1.54, 1.807) is 6.92 Å². The van der Waals surface area contributed by atoms with Gasteiger partial charge in [0, 0.05) is 11.3 Å². The number of ether oxygens (including phenoxy) is 2. The van der Waals surface area contributed by atoms with E-state index in [1.807, 2.05) is 24.3 Å². The van der Waals surface area contributed by atoms with Crippen LogP contribution in [0.4, 0.5) is 10.5 Å². The lowest BCUT2D eigenvalue weighted by molar-refractivity contribution is 0.0319. The van der Waals surface area contributed by atoms with Crippen molar-refractivity contribution in [2.24, 2.45) is 0 Å². The van der Waals surface area contributed by atoms with Crippen molar-refractivity contribution in [1.29, 1.82) is 0 Å². The Kier molecular flexibility index (Phi) is 2.76. The Balaban J connectivity index is 2.04. The van der Waals surface area contributed by atoms with Crippen LogP contribution in [-0.2, 0) is 9.47 Å². The number of nitrogens with one attached hydrogen (secondary N) is 1. The van der Waals surface area contributed by atoms with Crippen molar-refractivity contribution in [2.45, 2.75) is 13.0 Å². The fourth-order valence-electron chi connectivity index (χ4n) is 1.62. The average molecular weight is 207 g/mol. The number of anilines is 1. The van der Waals surface area contributed by atoms with E-state index in [-0.39, 0.29) is 6.10 Å². The van der Waals surface area contributed by atoms with Crippen molar-refractivity contribution in [1.82, 2.24) is 0 Å². The van der Waals surface area contributed by atoms with Crippen molar-refractivity contribution in [3.05, 3.63) is 29.8 Å². The molecule has 2 rings (SSSR count). The normalized spacial score (nSPS) is 17.8. The average Bonchev–Trinajstić information content (AvgIpc) is 2.62. The molecule has 0 spiro atoms. The molecule has 0 fully saturated rings. The molecule has 0 aromatic heterocycles. The van der Waals surface area contributed by atoms with Gasteiger partial charge in [0.05, 0.1) is 13.2 Å². The number of carbonyl (C=O) groups excluding carboxylic acids is 1. The van der Waals surface area contributed by atoms with E-state index in [4.69, 9.17) is 9.47 Å². The van der Waals surface area contributed by atoms with E-state index in [1.165, 1.54) is 0 Å². The van der Waals surface area contributed by atoms with Crippen molar-refractivity contribution in [2.75, 3.05) is 18.5 Å². The Hall–Kier alpha value is -1.71. The van der Waals surface area contributed by atoms with Crippen LogP contribution < -0.4 is 5.32 Å². The summed E-state index contributed by atoms with van der Waals surface area (Å²) in [7, 11) is 0. The van der Waals surface area contributed by atoms with Gasteiger partial charge >= 0.3 is 6.16 Å². The number of para-hydroxylation sites is 1. The summed E-state index contributed by atoms with van der Waals surface area (Å²) in [5, 5.41) is 3.16. The van der Waals surface area contributed by atoms with E-state index in [0.717, 1.165) is 11.3 Å². The molecule has 15 heavy (non-hydrogen) atoms. The minimum Gasteiger partial charge on any atom is -0.435 e. The van der Waals surface area contributed by atoms with Gasteiger partial charge < -0.3 is 14.8 Å². The Morgan fingerprint density at radius 2 is 2.33 bits per heavy atom. The molecule has 4 heteroatoms. The number of hydrogen-bond donors (Lipinski definition) is 1. The zero-order valence-corrected chi connectivity index (χ0v) is 8.53. The number of fused-ring (bicyclic) bond motifs is 1. The molecule has 1 unspecified atom stereocenters. The molecular weight excluding hydrogens is 194 g/mol. The Bertz CT molecular complexity index is 365. The second-order valence-electron chi connectivity index (χ2n) is 3.26. The van der Waals surface area contributed by atoms with Gasteiger partial charge in [0.2, 0.25) is 0 Å². The Morgan fingerprint density at radius 1 is 1.53 bits per heavy atom. The van der Waals surface area contributed by atoms with E-state index in [2.05, 4.69) is 5.32 Å². The van der Waals surface area contributed by atoms with Crippen molar-refractivity contribution in [3.8, 4) is 0 Å². The first-order chi connectivity index (χ1) is 7.31. The molecule has 80 valence electrons. The highest BCUT2D eigenvalue weighted by molar-refractivity contribution is 5.63. The summed E-state index contributed by atoms with van der Waals surface area (Å²) in [5.74, 6) is 0. The second-order valence-corrected chi connectivity index (χ2v) is 3.26. The predicted molar refractivity (Wildman–Crippen MR) is 55.8 cm³/mol. The van der Waals surface area contributed by atoms with E-state index in [0.29, 0.717) is 13.2 Å². The van der Waals surface area contributed by atoms with Gasteiger partial charge in [-0.05, 0) is 13.0 Å². The lowest BCUT2D eigenvalue weighted by Gasteiger charge is -2.11. The zero-order chi connectivity index (χ0) is 10.7. The highest BCUT2D eigenvalue weighted by atomic mass is 16.7. The molecule has 1 aromatic rings. The summed E-state index contributed by atoms with van der Waals surface area (Å²) in [6.45, 7) is 2.70. The van der Waals surface area contributed by atoms with Gasteiger partial charge in [0.1, 0.15) is 6.10 Å². The maximum atomic E-state index is 11.1. The van der Waals surface area contributed by atoms with Crippen LogP contribution in [0.3, 0.4) is 0 Å². The molecule has 1 N–H and O–H groups in total. The lowest BCUT2D eigenvalue weighted by Crippen LogP contribution is -2.14. The van der Waals surface area contributed by atoms with Crippen LogP contribution in [0.15, 0.2) is 24.3 Å². The van der Waals surface area contributed by atoms with E-state index >= 15 is 0 Å². The Morgan fingerprint density at radius 3 is 3.13 bits per heavy atom. The van der Waals surface area contributed by atoms with Gasteiger partial charge in [-0.2, -0.15) is 0 Å². The molecule has 1 aliphatic heterocycles. The van der Waals surface area contributed by atoms with Crippen LogP contribution in [0.2, 0.25) is 0 Å². The molecule has 1 aliphatic rings. The van der Waals surface area contributed by atoms with E-state index in [9.17, 15) is 4.79 Å². The third kappa shape index (κ3) is 2.03. The summed E-state index contributed by atoms with van der Waals surface area (Å²) >= 11 is 0. The molecule has 0 amide bonds. The molecule has 1 atom stereocenters.